The summed E-state index contributed by atoms with van der Waals surface area (Å²) in [4.78, 5) is 27.8. The fraction of sp³-hybridized carbons (Fsp3) is 0.310. The lowest BCUT2D eigenvalue weighted by Gasteiger charge is -2.23. The van der Waals surface area contributed by atoms with Gasteiger partial charge in [-0.25, -0.2) is 0 Å². The Hall–Kier alpha value is -3.35. The summed E-state index contributed by atoms with van der Waals surface area (Å²) in [5.41, 5.74) is 1.72. The number of benzene rings is 3. The first-order valence-corrected chi connectivity index (χ1v) is 12.4. The van der Waals surface area contributed by atoms with Crippen LogP contribution in [0.5, 0.6) is 11.5 Å². The van der Waals surface area contributed by atoms with Crippen molar-refractivity contribution in [2.45, 2.75) is 31.7 Å². The van der Waals surface area contributed by atoms with Crippen LogP contribution in [0.15, 0.2) is 84.9 Å². The van der Waals surface area contributed by atoms with Crippen molar-refractivity contribution in [2.24, 2.45) is 0 Å². The summed E-state index contributed by atoms with van der Waals surface area (Å²) in [6.45, 7) is 2.60. The number of nitrogens with zero attached hydrogens (tertiary/aromatic N) is 1. The van der Waals surface area contributed by atoms with Crippen LogP contribution in [-0.4, -0.2) is 42.9 Å². The van der Waals surface area contributed by atoms with E-state index in [1.807, 2.05) is 71.6 Å². The van der Waals surface area contributed by atoms with E-state index in [4.69, 9.17) is 4.74 Å². The molecule has 0 bridgehead atoms. The number of hydrogen-bond donors (Lipinski definition) is 2. The van der Waals surface area contributed by atoms with Crippen molar-refractivity contribution >= 4 is 24.2 Å². The third kappa shape index (κ3) is 8.11. The highest BCUT2D eigenvalue weighted by Crippen LogP contribution is 2.23. The second-order valence-electron chi connectivity index (χ2n) is 8.77. The number of nitrogens with one attached hydrogen (secondary N) is 2. The minimum atomic E-state index is -0.0140. The molecule has 0 saturated carbocycles. The number of rotatable bonds is 4. The summed E-state index contributed by atoms with van der Waals surface area (Å²) >= 11 is 0. The molecule has 7 heteroatoms. The van der Waals surface area contributed by atoms with E-state index < -0.39 is 0 Å². The van der Waals surface area contributed by atoms with Crippen molar-refractivity contribution in [3.63, 3.8) is 0 Å². The maximum Gasteiger partial charge on any atom is 0.253 e. The van der Waals surface area contributed by atoms with Gasteiger partial charge in [0, 0.05) is 37.7 Å². The zero-order chi connectivity index (χ0) is 24.3. The number of ether oxygens (including phenoxy) is 1. The summed E-state index contributed by atoms with van der Waals surface area (Å²) in [5.74, 6) is 1.38. The maximum absolute atomic E-state index is 13.4. The molecular weight excluding hydrogens is 474 g/mol. The van der Waals surface area contributed by atoms with Gasteiger partial charge in [-0.1, -0.05) is 54.6 Å². The summed E-state index contributed by atoms with van der Waals surface area (Å²) in [6.07, 6.45) is 2.93. The van der Waals surface area contributed by atoms with Gasteiger partial charge >= 0.3 is 0 Å². The number of amides is 2. The van der Waals surface area contributed by atoms with Crippen LogP contribution in [0.2, 0.25) is 0 Å². The van der Waals surface area contributed by atoms with Gasteiger partial charge in [-0.15, -0.1) is 12.4 Å². The Morgan fingerprint density at radius 2 is 1.50 bits per heavy atom. The van der Waals surface area contributed by atoms with Crippen LogP contribution in [-0.2, 0) is 4.79 Å². The van der Waals surface area contributed by atoms with E-state index in [-0.39, 0.29) is 30.3 Å². The lowest BCUT2D eigenvalue weighted by atomic mass is 10.0. The summed E-state index contributed by atoms with van der Waals surface area (Å²) < 4.78 is 5.91. The number of carbonyl (C=O) groups excluding carboxylic acids is 2. The van der Waals surface area contributed by atoms with E-state index in [1.165, 1.54) is 0 Å². The Bertz CT molecular complexity index is 1100. The minimum Gasteiger partial charge on any atom is -0.457 e. The number of hydrogen-bond acceptors (Lipinski definition) is 4. The largest absolute Gasteiger partial charge is 0.457 e. The van der Waals surface area contributed by atoms with E-state index in [1.54, 1.807) is 6.07 Å². The molecule has 1 fully saturated rings. The van der Waals surface area contributed by atoms with Crippen LogP contribution < -0.4 is 15.4 Å². The van der Waals surface area contributed by atoms with Crippen molar-refractivity contribution < 1.29 is 14.3 Å². The lowest BCUT2D eigenvalue weighted by molar-refractivity contribution is -0.121. The third-order valence-corrected chi connectivity index (χ3v) is 6.11. The molecule has 1 saturated heterocycles. The molecule has 3 aromatic carbocycles. The SMILES string of the molecule is Cl.O=C1CC(c2ccccc2)NCCCCN(C(=O)c2cccc(Oc3ccccc3)c2)CCCN1. The highest BCUT2D eigenvalue weighted by molar-refractivity contribution is 5.94. The minimum absolute atomic E-state index is 0. The average Bonchev–Trinajstić information content (AvgIpc) is 2.91. The van der Waals surface area contributed by atoms with E-state index in [0.717, 1.165) is 30.7 Å². The van der Waals surface area contributed by atoms with Gasteiger partial charge in [-0.3, -0.25) is 9.59 Å². The molecule has 0 aliphatic carbocycles. The summed E-state index contributed by atoms with van der Waals surface area (Å²) in [6, 6.07) is 26.9. The van der Waals surface area contributed by atoms with Crippen LogP contribution in [0, 0.1) is 0 Å². The van der Waals surface area contributed by atoms with Crippen LogP contribution in [0.3, 0.4) is 0 Å². The monoisotopic (exact) mass is 507 g/mol. The molecular formula is C29H34ClN3O3. The standard InChI is InChI=1S/C29H33N3O3.ClH/c33-28-22-27(23-11-3-1-4-12-23)30-17-7-8-19-32(20-10-18-31-28)29(34)24-13-9-16-26(21-24)35-25-14-5-2-6-15-25;/h1-6,9,11-16,21,27,30H,7-8,10,17-20,22H2,(H,31,33);1H. The molecule has 1 unspecified atom stereocenters. The van der Waals surface area contributed by atoms with Crippen LogP contribution in [0.1, 0.15) is 47.6 Å². The number of halogens is 1. The normalized spacial score (nSPS) is 17.4. The molecule has 190 valence electrons. The quantitative estimate of drug-likeness (QED) is 0.498. The molecule has 1 aliphatic rings. The molecule has 0 radical (unpaired) electrons. The Labute approximate surface area is 219 Å². The van der Waals surface area contributed by atoms with Gasteiger partial charge in [0.25, 0.3) is 5.91 Å². The first-order valence-electron chi connectivity index (χ1n) is 12.4. The highest BCUT2D eigenvalue weighted by Gasteiger charge is 2.19. The highest BCUT2D eigenvalue weighted by atomic mass is 35.5. The topological polar surface area (TPSA) is 70.7 Å². The maximum atomic E-state index is 13.4. The van der Waals surface area contributed by atoms with Crippen molar-refractivity contribution in [3.8, 4) is 11.5 Å². The Kier molecular flexibility index (Phi) is 10.8. The zero-order valence-corrected chi connectivity index (χ0v) is 21.2. The van der Waals surface area contributed by atoms with Crippen LogP contribution in [0.25, 0.3) is 0 Å². The molecule has 1 aliphatic heterocycles. The Morgan fingerprint density at radius 3 is 2.28 bits per heavy atom. The van der Waals surface area contributed by atoms with Gasteiger partial charge in [-0.05, 0) is 61.7 Å². The van der Waals surface area contributed by atoms with Gasteiger partial charge < -0.3 is 20.3 Å². The molecule has 0 aromatic heterocycles. The van der Waals surface area contributed by atoms with Gasteiger partial charge in [0.1, 0.15) is 11.5 Å². The Balaban J connectivity index is 0.00000361. The van der Waals surface area contributed by atoms with Crippen molar-refractivity contribution in [3.05, 3.63) is 96.1 Å². The number of carbonyl (C=O) groups is 2. The first kappa shape index (κ1) is 27.2. The van der Waals surface area contributed by atoms with Crippen molar-refractivity contribution in [1.82, 2.24) is 15.5 Å². The first-order chi connectivity index (χ1) is 17.2. The van der Waals surface area contributed by atoms with Gasteiger partial charge in [-0.2, -0.15) is 0 Å². The van der Waals surface area contributed by atoms with Crippen LogP contribution >= 0.6 is 12.4 Å². The van der Waals surface area contributed by atoms with Crippen LogP contribution in [0.4, 0.5) is 0 Å². The molecule has 0 spiro atoms. The fourth-order valence-electron chi connectivity index (χ4n) is 4.27. The van der Waals surface area contributed by atoms with E-state index in [9.17, 15) is 9.59 Å². The zero-order valence-electron chi connectivity index (χ0n) is 20.4. The van der Waals surface area contributed by atoms with Crippen molar-refractivity contribution in [1.29, 1.82) is 0 Å². The molecule has 1 heterocycles. The summed E-state index contributed by atoms with van der Waals surface area (Å²) in [5, 5.41) is 6.55. The molecule has 4 rings (SSSR count). The average molecular weight is 508 g/mol. The van der Waals surface area contributed by atoms with E-state index in [2.05, 4.69) is 22.8 Å². The molecule has 36 heavy (non-hydrogen) atoms. The predicted molar refractivity (Wildman–Crippen MR) is 145 cm³/mol. The fourth-order valence-corrected chi connectivity index (χ4v) is 4.27. The van der Waals surface area contributed by atoms with Crippen molar-refractivity contribution in [2.75, 3.05) is 26.2 Å². The smallest absolute Gasteiger partial charge is 0.253 e. The summed E-state index contributed by atoms with van der Waals surface area (Å²) in [7, 11) is 0. The second-order valence-corrected chi connectivity index (χ2v) is 8.77. The molecule has 2 amide bonds. The second kappa shape index (κ2) is 14.3. The molecule has 6 nitrogen and oxygen atoms in total. The molecule has 3 aromatic rings. The van der Waals surface area contributed by atoms with Gasteiger partial charge in [0.2, 0.25) is 5.91 Å². The molecule has 2 N–H and O–H groups in total. The lowest BCUT2D eigenvalue weighted by Crippen LogP contribution is -2.35. The number of para-hydroxylation sites is 1. The Morgan fingerprint density at radius 1 is 0.806 bits per heavy atom. The predicted octanol–water partition coefficient (Wildman–Crippen LogP) is 5.36. The van der Waals surface area contributed by atoms with Gasteiger partial charge in [0.15, 0.2) is 0 Å². The molecule has 1 atom stereocenters. The van der Waals surface area contributed by atoms with E-state index in [0.29, 0.717) is 43.8 Å². The van der Waals surface area contributed by atoms with Gasteiger partial charge in [0.05, 0.1) is 0 Å². The van der Waals surface area contributed by atoms with E-state index >= 15 is 0 Å². The third-order valence-electron chi connectivity index (χ3n) is 6.11.